The van der Waals surface area contributed by atoms with Gasteiger partial charge in [0.05, 0.1) is 19.1 Å². The Kier molecular flexibility index (Phi) is 5.19. The minimum atomic E-state index is -0.610. The fourth-order valence-electron chi connectivity index (χ4n) is 3.32. The van der Waals surface area contributed by atoms with Gasteiger partial charge >= 0.3 is 5.97 Å². The van der Waals surface area contributed by atoms with Crippen molar-refractivity contribution in [3.63, 3.8) is 0 Å². The van der Waals surface area contributed by atoms with E-state index in [2.05, 4.69) is 16.8 Å². The predicted molar refractivity (Wildman–Crippen MR) is 72.9 cm³/mol. The number of hydrogen-bond donors (Lipinski definition) is 1. The molecule has 3 atom stereocenters. The average molecular weight is 270 g/mol. The van der Waals surface area contributed by atoms with Gasteiger partial charge in [0.2, 0.25) is 0 Å². The van der Waals surface area contributed by atoms with Crippen molar-refractivity contribution in [3.05, 3.63) is 0 Å². The van der Waals surface area contributed by atoms with Gasteiger partial charge in [-0.05, 0) is 39.8 Å². The third-order valence-corrected chi connectivity index (χ3v) is 4.41. The summed E-state index contributed by atoms with van der Waals surface area (Å²) in [5.41, 5.74) is 0. The lowest BCUT2D eigenvalue weighted by molar-refractivity contribution is -0.145. The average Bonchev–Trinajstić information content (AvgIpc) is 2.57. The van der Waals surface area contributed by atoms with Crippen LogP contribution in [-0.2, 0) is 9.53 Å². The summed E-state index contributed by atoms with van der Waals surface area (Å²) in [5.74, 6) is -0.302. The molecule has 5 nitrogen and oxygen atoms in total. The molecule has 0 aromatic carbocycles. The van der Waals surface area contributed by atoms with E-state index in [4.69, 9.17) is 4.74 Å². The molecule has 0 amide bonds. The molecule has 0 radical (unpaired) electrons. The molecule has 2 aliphatic rings. The number of likely N-dealkylation sites (N-methyl/N-ethyl adjacent to an activating group) is 1. The Hall–Kier alpha value is -0.650. The van der Waals surface area contributed by atoms with Gasteiger partial charge in [-0.25, -0.2) is 0 Å². The van der Waals surface area contributed by atoms with Gasteiger partial charge in [-0.15, -0.1) is 0 Å². The molecule has 2 bridgehead atoms. The summed E-state index contributed by atoms with van der Waals surface area (Å²) in [6.07, 6.45) is 3.22. The highest BCUT2D eigenvalue weighted by molar-refractivity contribution is 5.69. The lowest BCUT2D eigenvalue weighted by Crippen LogP contribution is -2.40. The van der Waals surface area contributed by atoms with E-state index in [9.17, 15) is 9.90 Å². The lowest BCUT2D eigenvalue weighted by Gasteiger charge is -2.27. The second kappa shape index (κ2) is 6.68. The molecule has 0 spiro atoms. The summed E-state index contributed by atoms with van der Waals surface area (Å²) in [4.78, 5) is 16.1. The fraction of sp³-hybridized carbons (Fsp3) is 0.929. The molecule has 2 aliphatic heterocycles. The first-order valence-electron chi connectivity index (χ1n) is 7.38. The molecule has 0 saturated carbocycles. The van der Waals surface area contributed by atoms with Gasteiger partial charge in [0.15, 0.2) is 0 Å². The second-order valence-electron chi connectivity index (χ2n) is 5.76. The van der Waals surface area contributed by atoms with Gasteiger partial charge in [-0.2, -0.15) is 0 Å². The van der Waals surface area contributed by atoms with Crippen LogP contribution in [0.3, 0.4) is 0 Å². The van der Waals surface area contributed by atoms with E-state index in [1.807, 2.05) is 0 Å². The van der Waals surface area contributed by atoms with E-state index in [0.717, 1.165) is 13.1 Å². The Bertz CT molecular complexity index is 311. The van der Waals surface area contributed by atoms with Crippen LogP contribution in [0.15, 0.2) is 0 Å². The van der Waals surface area contributed by atoms with Gasteiger partial charge in [-0.1, -0.05) is 0 Å². The van der Waals surface area contributed by atoms with Crippen molar-refractivity contribution in [3.8, 4) is 0 Å². The SMILES string of the molecule is CCOC(=O)CC(O)CN1CCC2CCC(C1)N2C. The van der Waals surface area contributed by atoms with E-state index in [1.165, 1.54) is 19.3 Å². The monoisotopic (exact) mass is 270 g/mol. The zero-order valence-electron chi connectivity index (χ0n) is 12.0. The van der Waals surface area contributed by atoms with E-state index in [1.54, 1.807) is 6.92 Å². The number of esters is 1. The Morgan fingerprint density at radius 1 is 1.37 bits per heavy atom. The molecule has 3 unspecified atom stereocenters. The molecule has 1 N–H and O–H groups in total. The number of fused-ring (bicyclic) bond motifs is 2. The van der Waals surface area contributed by atoms with Crippen LogP contribution in [0.5, 0.6) is 0 Å². The Morgan fingerprint density at radius 2 is 2.11 bits per heavy atom. The summed E-state index contributed by atoms with van der Waals surface area (Å²) >= 11 is 0. The standard InChI is InChI=1S/C14H26N2O3/c1-3-19-14(18)8-13(17)10-16-7-6-11-4-5-12(9-16)15(11)2/h11-13,17H,3-10H2,1-2H3. The number of carbonyl (C=O) groups is 1. The van der Waals surface area contributed by atoms with E-state index in [0.29, 0.717) is 25.2 Å². The molecule has 2 heterocycles. The molecule has 110 valence electrons. The number of hydrogen-bond acceptors (Lipinski definition) is 5. The predicted octanol–water partition coefficient (Wildman–Crippen LogP) is 0.469. The van der Waals surface area contributed by atoms with Crippen LogP contribution in [0.1, 0.15) is 32.6 Å². The number of carbonyl (C=O) groups excluding carboxylic acids is 1. The van der Waals surface area contributed by atoms with Crippen LogP contribution in [0.4, 0.5) is 0 Å². The molecule has 2 saturated heterocycles. The number of nitrogens with zero attached hydrogens (tertiary/aromatic N) is 2. The maximum Gasteiger partial charge on any atom is 0.308 e. The molecule has 19 heavy (non-hydrogen) atoms. The van der Waals surface area contributed by atoms with Gasteiger partial charge < -0.3 is 9.84 Å². The van der Waals surface area contributed by atoms with Gasteiger partial charge in [0.25, 0.3) is 0 Å². The minimum Gasteiger partial charge on any atom is -0.466 e. The molecule has 2 rings (SSSR count). The van der Waals surface area contributed by atoms with Crippen LogP contribution in [0.25, 0.3) is 0 Å². The maximum absolute atomic E-state index is 11.3. The van der Waals surface area contributed by atoms with Crippen molar-refractivity contribution in [2.24, 2.45) is 0 Å². The van der Waals surface area contributed by atoms with Crippen LogP contribution in [0, 0.1) is 0 Å². The quantitative estimate of drug-likeness (QED) is 0.736. The molecular formula is C14H26N2O3. The molecule has 0 aliphatic carbocycles. The highest BCUT2D eigenvalue weighted by Crippen LogP contribution is 2.28. The second-order valence-corrected chi connectivity index (χ2v) is 5.76. The number of rotatable bonds is 5. The van der Waals surface area contributed by atoms with Crippen molar-refractivity contribution < 1.29 is 14.6 Å². The van der Waals surface area contributed by atoms with E-state index in [-0.39, 0.29) is 12.4 Å². The van der Waals surface area contributed by atoms with Crippen LogP contribution < -0.4 is 0 Å². The largest absolute Gasteiger partial charge is 0.466 e. The molecule has 0 aromatic rings. The molecule has 2 fully saturated rings. The lowest BCUT2D eigenvalue weighted by atomic mass is 10.1. The zero-order valence-corrected chi connectivity index (χ0v) is 12.0. The molecular weight excluding hydrogens is 244 g/mol. The Balaban J connectivity index is 1.78. The van der Waals surface area contributed by atoms with Crippen molar-refractivity contribution in [1.29, 1.82) is 0 Å². The minimum absolute atomic E-state index is 0.105. The zero-order chi connectivity index (χ0) is 13.8. The van der Waals surface area contributed by atoms with E-state index >= 15 is 0 Å². The fourth-order valence-corrected chi connectivity index (χ4v) is 3.32. The van der Waals surface area contributed by atoms with Crippen LogP contribution >= 0.6 is 0 Å². The molecule has 0 aromatic heterocycles. The first-order chi connectivity index (χ1) is 9.10. The highest BCUT2D eigenvalue weighted by atomic mass is 16.5. The van der Waals surface area contributed by atoms with E-state index < -0.39 is 6.10 Å². The number of β-amino-alcohol motifs (C(OH)–C–C–N with tert-alkyl or cyclic N) is 1. The van der Waals surface area contributed by atoms with Crippen molar-refractivity contribution in [2.45, 2.75) is 50.8 Å². The van der Waals surface area contributed by atoms with Crippen LogP contribution in [-0.4, -0.2) is 72.4 Å². The number of aliphatic hydroxyl groups excluding tert-OH is 1. The summed E-state index contributed by atoms with van der Waals surface area (Å²) in [6.45, 7) is 4.77. The molecule has 5 heteroatoms. The van der Waals surface area contributed by atoms with Gasteiger partial charge in [0, 0.05) is 25.2 Å². The Morgan fingerprint density at radius 3 is 2.84 bits per heavy atom. The number of likely N-dealkylation sites (tertiary alicyclic amines) is 1. The van der Waals surface area contributed by atoms with Crippen LogP contribution in [0.2, 0.25) is 0 Å². The third kappa shape index (κ3) is 3.91. The summed E-state index contributed by atoms with van der Waals surface area (Å²) in [7, 11) is 2.21. The topological polar surface area (TPSA) is 53.0 Å². The number of aliphatic hydroxyl groups is 1. The summed E-state index contributed by atoms with van der Waals surface area (Å²) < 4.78 is 4.87. The Labute approximate surface area is 115 Å². The third-order valence-electron chi connectivity index (χ3n) is 4.41. The normalized spacial score (nSPS) is 30.1. The van der Waals surface area contributed by atoms with Gasteiger partial charge in [-0.3, -0.25) is 14.6 Å². The summed E-state index contributed by atoms with van der Waals surface area (Å²) in [6, 6.07) is 1.32. The van der Waals surface area contributed by atoms with Crippen molar-refractivity contribution >= 4 is 5.97 Å². The van der Waals surface area contributed by atoms with Gasteiger partial charge in [0.1, 0.15) is 0 Å². The smallest absolute Gasteiger partial charge is 0.308 e. The number of ether oxygens (including phenoxy) is 1. The highest BCUT2D eigenvalue weighted by Gasteiger charge is 2.34. The summed E-state index contributed by atoms with van der Waals surface area (Å²) in [5, 5.41) is 9.97. The maximum atomic E-state index is 11.3. The van der Waals surface area contributed by atoms with Crippen molar-refractivity contribution in [2.75, 3.05) is 33.3 Å². The first kappa shape index (κ1) is 14.8. The van der Waals surface area contributed by atoms with Crippen molar-refractivity contribution in [1.82, 2.24) is 9.80 Å². The first-order valence-corrected chi connectivity index (χ1v) is 7.38.